The van der Waals surface area contributed by atoms with Crippen LogP contribution in [0.2, 0.25) is 0 Å². The fourth-order valence-electron chi connectivity index (χ4n) is 5.94. The molecular weight excluding hydrogens is 713 g/mol. The summed E-state index contributed by atoms with van der Waals surface area (Å²) in [5.74, 6) is -0.850. The third-order valence-electron chi connectivity index (χ3n) is 9.20. The zero-order valence-corrected chi connectivity index (χ0v) is 36.0. The highest BCUT2D eigenvalue weighted by molar-refractivity contribution is 7.47. The van der Waals surface area contributed by atoms with Gasteiger partial charge in [0, 0.05) is 19.4 Å². The van der Waals surface area contributed by atoms with Crippen LogP contribution in [0.1, 0.15) is 194 Å². The standard InChI is InChI=1S/C45H82NO8P/c1-3-5-7-9-11-13-15-17-19-20-21-22-24-26-28-30-32-34-36-38-45(48)54-43(42-53-55(49,50)52-40-39-46)41-51-44(47)37-35-33-31-29-27-25-23-18-16-14-12-10-8-6-4-2/h6,8,12,14,17-19,23,43H,3-5,7,9-11,13,15-16,20-22,24-42,46H2,1-2H3,(H,49,50)/b8-6+,14-12+,19-17+,23-18+/t43-/m1/s1. The summed E-state index contributed by atoms with van der Waals surface area (Å²) in [6.07, 6.45) is 47.1. The summed E-state index contributed by atoms with van der Waals surface area (Å²) in [6.45, 7) is 3.60. The van der Waals surface area contributed by atoms with Gasteiger partial charge in [0.1, 0.15) is 6.61 Å². The molecule has 10 heteroatoms. The minimum atomic E-state index is -4.38. The first kappa shape index (κ1) is 53.0. The van der Waals surface area contributed by atoms with E-state index in [-0.39, 0.29) is 32.6 Å². The van der Waals surface area contributed by atoms with E-state index in [1.165, 1.54) is 83.5 Å². The van der Waals surface area contributed by atoms with E-state index in [1.807, 2.05) is 0 Å². The molecule has 0 radical (unpaired) electrons. The highest BCUT2D eigenvalue weighted by Gasteiger charge is 2.26. The van der Waals surface area contributed by atoms with Gasteiger partial charge in [-0.25, -0.2) is 4.57 Å². The van der Waals surface area contributed by atoms with Crippen molar-refractivity contribution >= 4 is 19.8 Å². The molecule has 0 saturated heterocycles. The number of esters is 2. The molecule has 0 heterocycles. The van der Waals surface area contributed by atoms with Crippen molar-refractivity contribution in [2.45, 2.75) is 200 Å². The Hall–Kier alpha value is -2.03. The number of rotatable bonds is 41. The van der Waals surface area contributed by atoms with Gasteiger partial charge in [-0.05, 0) is 70.6 Å². The van der Waals surface area contributed by atoms with Crippen molar-refractivity contribution in [3.05, 3.63) is 48.6 Å². The lowest BCUT2D eigenvalue weighted by Crippen LogP contribution is -2.29. The van der Waals surface area contributed by atoms with Gasteiger partial charge in [0.2, 0.25) is 0 Å². The van der Waals surface area contributed by atoms with Gasteiger partial charge in [0.25, 0.3) is 0 Å². The van der Waals surface area contributed by atoms with Crippen LogP contribution in [0.3, 0.4) is 0 Å². The monoisotopic (exact) mass is 796 g/mol. The molecule has 0 aliphatic carbocycles. The van der Waals surface area contributed by atoms with Gasteiger partial charge in [0.05, 0.1) is 13.2 Å². The second-order valence-corrected chi connectivity index (χ2v) is 16.0. The molecule has 0 fully saturated rings. The van der Waals surface area contributed by atoms with E-state index in [4.69, 9.17) is 24.3 Å². The topological polar surface area (TPSA) is 134 Å². The highest BCUT2D eigenvalue weighted by atomic mass is 31.2. The zero-order chi connectivity index (χ0) is 40.3. The number of ether oxygens (including phenoxy) is 2. The maximum atomic E-state index is 12.6. The van der Waals surface area contributed by atoms with Crippen LogP contribution >= 0.6 is 7.82 Å². The third-order valence-corrected chi connectivity index (χ3v) is 10.2. The van der Waals surface area contributed by atoms with Crippen molar-refractivity contribution in [2.24, 2.45) is 5.73 Å². The van der Waals surface area contributed by atoms with E-state index in [9.17, 15) is 19.0 Å². The number of hydrogen-bond donors (Lipinski definition) is 2. The zero-order valence-electron chi connectivity index (χ0n) is 35.2. The lowest BCUT2D eigenvalue weighted by Gasteiger charge is -2.19. The Balaban J connectivity index is 4.15. The normalized spacial score (nSPS) is 13.7. The van der Waals surface area contributed by atoms with E-state index >= 15 is 0 Å². The van der Waals surface area contributed by atoms with Crippen LogP contribution < -0.4 is 5.73 Å². The molecule has 9 nitrogen and oxygen atoms in total. The average molecular weight is 796 g/mol. The molecule has 0 bridgehead atoms. The summed E-state index contributed by atoms with van der Waals surface area (Å²) in [5, 5.41) is 0. The van der Waals surface area contributed by atoms with Crippen LogP contribution in [0.4, 0.5) is 0 Å². The number of hydrogen-bond acceptors (Lipinski definition) is 8. The second-order valence-electron chi connectivity index (χ2n) is 14.5. The minimum absolute atomic E-state index is 0.0493. The van der Waals surface area contributed by atoms with Gasteiger partial charge in [-0.2, -0.15) is 0 Å². The lowest BCUT2D eigenvalue weighted by molar-refractivity contribution is -0.161. The summed E-state index contributed by atoms with van der Waals surface area (Å²) >= 11 is 0. The molecule has 0 aromatic rings. The number of phosphoric ester groups is 1. The molecule has 55 heavy (non-hydrogen) atoms. The first-order valence-corrected chi connectivity index (χ1v) is 23.6. The Bertz CT molecular complexity index is 1040. The summed E-state index contributed by atoms with van der Waals surface area (Å²) in [6, 6.07) is 0. The molecule has 0 spiro atoms. The van der Waals surface area contributed by atoms with E-state index in [0.29, 0.717) is 12.8 Å². The Labute approximate surface area is 336 Å². The fourth-order valence-corrected chi connectivity index (χ4v) is 6.70. The van der Waals surface area contributed by atoms with Crippen LogP contribution in [0.25, 0.3) is 0 Å². The summed E-state index contributed by atoms with van der Waals surface area (Å²) in [5.41, 5.74) is 5.35. The Kier molecular flexibility index (Phi) is 40.1. The molecule has 0 aliphatic rings. The molecule has 0 aromatic heterocycles. The molecule has 0 amide bonds. The van der Waals surface area contributed by atoms with Crippen LogP contribution in [-0.4, -0.2) is 49.3 Å². The predicted molar refractivity (Wildman–Crippen MR) is 229 cm³/mol. The van der Waals surface area contributed by atoms with E-state index in [1.54, 1.807) is 0 Å². The summed E-state index contributed by atoms with van der Waals surface area (Å²) in [4.78, 5) is 34.9. The molecule has 0 aromatic carbocycles. The summed E-state index contributed by atoms with van der Waals surface area (Å²) < 4.78 is 32.8. The molecule has 0 rings (SSSR count). The highest BCUT2D eigenvalue weighted by Crippen LogP contribution is 2.43. The number of allylic oxidation sites excluding steroid dienone is 8. The van der Waals surface area contributed by atoms with E-state index < -0.39 is 32.5 Å². The number of nitrogens with two attached hydrogens (primary N) is 1. The van der Waals surface area contributed by atoms with E-state index in [0.717, 1.165) is 70.6 Å². The summed E-state index contributed by atoms with van der Waals surface area (Å²) in [7, 11) is -4.38. The van der Waals surface area contributed by atoms with Crippen LogP contribution in [0, 0.1) is 0 Å². The van der Waals surface area contributed by atoms with Crippen LogP contribution in [0.5, 0.6) is 0 Å². The van der Waals surface area contributed by atoms with Gasteiger partial charge in [-0.3, -0.25) is 18.6 Å². The van der Waals surface area contributed by atoms with Gasteiger partial charge in [-0.15, -0.1) is 0 Å². The average Bonchev–Trinajstić information content (AvgIpc) is 3.17. The second kappa shape index (κ2) is 41.6. The van der Waals surface area contributed by atoms with Crippen LogP contribution in [0.15, 0.2) is 48.6 Å². The molecule has 1 unspecified atom stereocenters. The van der Waals surface area contributed by atoms with Crippen molar-refractivity contribution in [3.63, 3.8) is 0 Å². The molecule has 3 N–H and O–H groups in total. The largest absolute Gasteiger partial charge is 0.472 e. The first-order chi connectivity index (χ1) is 26.8. The van der Waals surface area contributed by atoms with Crippen molar-refractivity contribution in [3.8, 4) is 0 Å². The Morgan fingerprint density at radius 3 is 1.51 bits per heavy atom. The maximum absolute atomic E-state index is 12.6. The van der Waals surface area contributed by atoms with Gasteiger partial charge >= 0.3 is 19.8 Å². The number of unbranched alkanes of at least 4 members (excludes halogenated alkanes) is 20. The van der Waals surface area contributed by atoms with Gasteiger partial charge < -0.3 is 20.1 Å². The SMILES string of the molecule is CC/C=C/C/C=C/C/C=C/CCCCCCCC(=O)OC[C@H](COP(=O)(O)OCCN)OC(=O)CCCCCCCCCCC/C=C/CCCCCCCC. The maximum Gasteiger partial charge on any atom is 0.472 e. The molecule has 0 saturated carbocycles. The van der Waals surface area contributed by atoms with Crippen molar-refractivity contribution in [2.75, 3.05) is 26.4 Å². The first-order valence-electron chi connectivity index (χ1n) is 22.1. The molecular formula is C45H82NO8P. The molecule has 2 atom stereocenters. The Morgan fingerprint density at radius 2 is 1.00 bits per heavy atom. The number of carbonyl (C=O) groups excluding carboxylic acids is 2. The van der Waals surface area contributed by atoms with E-state index in [2.05, 4.69) is 62.5 Å². The van der Waals surface area contributed by atoms with Crippen molar-refractivity contribution in [1.29, 1.82) is 0 Å². The van der Waals surface area contributed by atoms with Gasteiger partial charge in [0.15, 0.2) is 6.10 Å². The molecule has 0 aliphatic heterocycles. The fraction of sp³-hybridized carbons (Fsp3) is 0.778. The Morgan fingerprint density at radius 1 is 0.564 bits per heavy atom. The van der Waals surface area contributed by atoms with Crippen LogP contribution in [-0.2, 0) is 32.7 Å². The van der Waals surface area contributed by atoms with Crippen molar-refractivity contribution in [1.82, 2.24) is 0 Å². The number of phosphoric acid groups is 1. The quantitative estimate of drug-likeness (QED) is 0.0268. The predicted octanol–water partition coefficient (Wildman–Crippen LogP) is 12.7. The van der Waals surface area contributed by atoms with Gasteiger partial charge in [-0.1, -0.05) is 159 Å². The molecule has 320 valence electrons. The minimum Gasteiger partial charge on any atom is -0.462 e. The lowest BCUT2D eigenvalue weighted by atomic mass is 10.1. The third kappa shape index (κ3) is 41.4. The smallest absolute Gasteiger partial charge is 0.462 e. The number of carbonyl (C=O) groups is 2. The van der Waals surface area contributed by atoms with Crippen molar-refractivity contribution < 1.29 is 37.6 Å².